The molecule has 0 unspecified atom stereocenters. The maximum atomic E-state index is 10.6. The standard InChI is InChI=1S/C19H20ClN3O3/c20-17-11-21-18(14-3-4-15-16(10-14)26-12-25-15)19(22-17)23-7-5-13(6-8-23)2-1-9-24/h3-4,9-11,13H,1-2,5-8,12H2. The molecular weight excluding hydrogens is 354 g/mol. The Hall–Kier alpha value is -2.34. The molecule has 1 fully saturated rings. The van der Waals surface area contributed by atoms with Crippen LogP contribution in [0, 0.1) is 5.92 Å². The maximum Gasteiger partial charge on any atom is 0.231 e. The van der Waals surface area contributed by atoms with E-state index in [1.54, 1.807) is 6.20 Å². The van der Waals surface area contributed by atoms with E-state index in [1.165, 1.54) is 0 Å². The lowest BCUT2D eigenvalue weighted by Gasteiger charge is -2.33. The molecule has 2 aliphatic rings. The second kappa shape index (κ2) is 7.50. The first-order valence-electron chi connectivity index (χ1n) is 8.86. The summed E-state index contributed by atoms with van der Waals surface area (Å²) in [5, 5.41) is 0.382. The molecule has 7 heteroatoms. The molecule has 26 heavy (non-hydrogen) atoms. The van der Waals surface area contributed by atoms with Crippen molar-refractivity contribution >= 4 is 23.7 Å². The second-order valence-electron chi connectivity index (χ2n) is 6.61. The van der Waals surface area contributed by atoms with Gasteiger partial charge in [0.1, 0.15) is 17.1 Å². The van der Waals surface area contributed by atoms with Crippen molar-refractivity contribution in [1.29, 1.82) is 0 Å². The summed E-state index contributed by atoms with van der Waals surface area (Å²) in [7, 11) is 0. The minimum atomic E-state index is 0.242. The Morgan fingerprint density at radius 2 is 2.04 bits per heavy atom. The third-order valence-corrected chi connectivity index (χ3v) is 5.16. The molecule has 0 saturated carbocycles. The smallest absolute Gasteiger partial charge is 0.231 e. The Morgan fingerprint density at radius 3 is 2.85 bits per heavy atom. The zero-order valence-corrected chi connectivity index (χ0v) is 15.1. The maximum absolute atomic E-state index is 10.6. The SMILES string of the molecule is O=CCCC1CCN(c2nc(Cl)cnc2-c2ccc3c(c2)OCO3)CC1. The number of benzene rings is 1. The summed E-state index contributed by atoms with van der Waals surface area (Å²) in [4.78, 5) is 21.9. The van der Waals surface area contributed by atoms with E-state index in [9.17, 15) is 4.79 Å². The molecule has 0 radical (unpaired) electrons. The summed E-state index contributed by atoms with van der Waals surface area (Å²) in [6.45, 7) is 2.01. The fraction of sp³-hybridized carbons (Fsp3) is 0.421. The summed E-state index contributed by atoms with van der Waals surface area (Å²) in [6.07, 6.45) is 6.28. The molecule has 0 spiro atoms. The molecule has 0 amide bonds. The number of aromatic nitrogens is 2. The number of anilines is 1. The van der Waals surface area contributed by atoms with Crippen molar-refractivity contribution in [3.05, 3.63) is 29.5 Å². The van der Waals surface area contributed by atoms with Gasteiger partial charge in [-0.05, 0) is 43.4 Å². The van der Waals surface area contributed by atoms with Crippen molar-refractivity contribution in [3.63, 3.8) is 0 Å². The van der Waals surface area contributed by atoms with Gasteiger partial charge in [-0.1, -0.05) is 11.6 Å². The molecule has 2 aromatic rings. The van der Waals surface area contributed by atoms with Crippen molar-refractivity contribution in [2.24, 2.45) is 5.92 Å². The van der Waals surface area contributed by atoms with Crippen LogP contribution in [-0.2, 0) is 4.79 Å². The first-order chi connectivity index (χ1) is 12.7. The molecule has 136 valence electrons. The number of rotatable bonds is 5. The number of nitrogens with zero attached hydrogens (tertiary/aromatic N) is 3. The monoisotopic (exact) mass is 373 g/mol. The zero-order chi connectivity index (χ0) is 17.9. The Balaban J connectivity index is 1.59. The van der Waals surface area contributed by atoms with Gasteiger partial charge in [0.15, 0.2) is 17.3 Å². The fourth-order valence-corrected chi connectivity index (χ4v) is 3.69. The Bertz CT molecular complexity index is 807. The summed E-state index contributed by atoms with van der Waals surface area (Å²) in [5.74, 6) is 2.86. The molecule has 0 N–H and O–H groups in total. The number of hydrogen-bond acceptors (Lipinski definition) is 6. The highest BCUT2D eigenvalue weighted by Crippen LogP contribution is 2.38. The van der Waals surface area contributed by atoms with Crippen LogP contribution in [0.2, 0.25) is 5.15 Å². The van der Waals surface area contributed by atoms with Crippen LogP contribution in [0.15, 0.2) is 24.4 Å². The van der Waals surface area contributed by atoms with Crippen LogP contribution in [0.4, 0.5) is 5.82 Å². The molecule has 3 heterocycles. The number of hydrogen-bond donors (Lipinski definition) is 0. The van der Waals surface area contributed by atoms with Crippen LogP contribution in [-0.4, -0.2) is 36.1 Å². The quantitative estimate of drug-likeness (QED) is 0.744. The van der Waals surface area contributed by atoms with Gasteiger partial charge < -0.3 is 19.2 Å². The lowest BCUT2D eigenvalue weighted by Crippen LogP contribution is -2.34. The lowest BCUT2D eigenvalue weighted by atomic mass is 9.92. The molecule has 1 saturated heterocycles. The summed E-state index contributed by atoms with van der Waals surface area (Å²) < 4.78 is 10.9. The van der Waals surface area contributed by atoms with Gasteiger partial charge in [-0.3, -0.25) is 0 Å². The van der Waals surface area contributed by atoms with Gasteiger partial charge in [0.05, 0.1) is 6.20 Å². The van der Waals surface area contributed by atoms with Crippen LogP contribution in [0.25, 0.3) is 11.3 Å². The first kappa shape index (κ1) is 17.1. The van der Waals surface area contributed by atoms with E-state index in [-0.39, 0.29) is 6.79 Å². The van der Waals surface area contributed by atoms with Crippen LogP contribution in [0.1, 0.15) is 25.7 Å². The highest BCUT2D eigenvalue weighted by molar-refractivity contribution is 6.29. The fourth-order valence-electron chi connectivity index (χ4n) is 3.56. The number of fused-ring (bicyclic) bond motifs is 1. The van der Waals surface area contributed by atoms with Crippen molar-refractivity contribution in [3.8, 4) is 22.8 Å². The Morgan fingerprint density at radius 1 is 1.23 bits per heavy atom. The number of aldehydes is 1. The number of ether oxygens (including phenoxy) is 2. The van der Waals surface area contributed by atoms with Crippen molar-refractivity contribution in [2.75, 3.05) is 24.8 Å². The number of piperidine rings is 1. The van der Waals surface area contributed by atoms with E-state index in [4.69, 9.17) is 21.1 Å². The van der Waals surface area contributed by atoms with Crippen molar-refractivity contribution < 1.29 is 14.3 Å². The first-order valence-corrected chi connectivity index (χ1v) is 9.23. The minimum absolute atomic E-state index is 0.242. The van der Waals surface area contributed by atoms with E-state index in [2.05, 4.69) is 14.9 Å². The number of carbonyl (C=O) groups excluding carboxylic acids is 1. The third kappa shape index (κ3) is 3.46. The van der Waals surface area contributed by atoms with Gasteiger partial charge in [-0.15, -0.1) is 0 Å². The molecule has 6 nitrogen and oxygen atoms in total. The third-order valence-electron chi connectivity index (χ3n) is 4.98. The lowest BCUT2D eigenvalue weighted by molar-refractivity contribution is -0.108. The Kier molecular flexibility index (Phi) is 4.93. The average Bonchev–Trinajstić information content (AvgIpc) is 3.14. The largest absolute Gasteiger partial charge is 0.454 e. The summed E-state index contributed by atoms with van der Waals surface area (Å²) in [6, 6.07) is 5.79. The van der Waals surface area contributed by atoms with E-state index in [1.807, 2.05) is 18.2 Å². The molecule has 1 aromatic heterocycles. The highest BCUT2D eigenvalue weighted by atomic mass is 35.5. The molecule has 0 aliphatic carbocycles. The highest BCUT2D eigenvalue weighted by Gasteiger charge is 2.24. The van der Waals surface area contributed by atoms with Crippen LogP contribution >= 0.6 is 11.6 Å². The molecule has 0 bridgehead atoms. The predicted molar refractivity (Wildman–Crippen MR) is 98.8 cm³/mol. The van der Waals surface area contributed by atoms with Gasteiger partial charge in [-0.2, -0.15) is 0 Å². The van der Waals surface area contributed by atoms with Crippen LogP contribution in [0.3, 0.4) is 0 Å². The Labute approximate surface area is 157 Å². The topological polar surface area (TPSA) is 64.6 Å². The van der Waals surface area contributed by atoms with Crippen LogP contribution in [0.5, 0.6) is 11.5 Å². The molecule has 0 atom stereocenters. The van der Waals surface area contributed by atoms with E-state index in [0.717, 1.165) is 67.2 Å². The molecular formula is C19H20ClN3O3. The van der Waals surface area contributed by atoms with Gasteiger partial charge in [0.2, 0.25) is 6.79 Å². The van der Waals surface area contributed by atoms with Gasteiger partial charge in [0.25, 0.3) is 0 Å². The molecule has 4 rings (SSSR count). The predicted octanol–water partition coefficient (Wildman–Crippen LogP) is 3.72. The number of carbonyl (C=O) groups is 1. The van der Waals surface area contributed by atoms with Gasteiger partial charge in [0, 0.05) is 25.1 Å². The van der Waals surface area contributed by atoms with Gasteiger partial charge in [-0.25, -0.2) is 9.97 Å². The minimum Gasteiger partial charge on any atom is -0.454 e. The summed E-state index contributed by atoms with van der Waals surface area (Å²) in [5.41, 5.74) is 1.72. The molecule has 2 aliphatic heterocycles. The van der Waals surface area contributed by atoms with E-state index < -0.39 is 0 Å². The van der Waals surface area contributed by atoms with Crippen molar-refractivity contribution in [1.82, 2.24) is 9.97 Å². The van der Waals surface area contributed by atoms with Crippen molar-refractivity contribution in [2.45, 2.75) is 25.7 Å². The van der Waals surface area contributed by atoms with E-state index >= 15 is 0 Å². The second-order valence-corrected chi connectivity index (χ2v) is 6.99. The van der Waals surface area contributed by atoms with Gasteiger partial charge >= 0.3 is 0 Å². The zero-order valence-electron chi connectivity index (χ0n) is 14.4. The van der Waals surface area contributed by atoms with Crippen LogP contribution < -0.4 is 14.4 Å². The normalized spacial score (nSPS) is 16.7. The summed E-state index contributed by atoms with van der Waals surface area (Å²) >= 11 is 6.13. The average molecular weight is 374 g/mol. The number of halogens is 1. The van der Waals surface area contributed by atoms with E-state index in [0.29, 0.717) is 17.5 Å². The molecule has 1 aromatic carbocycles.